The Morgan fingerprint density at radius 2 is 2.09 bits per heavy atom. The fraction of sp³-hybridized carbons (Fsp3) is 0.643. The third kappa shape index (κ3) is 2.38. The van der Waals surface area contributed by atoms with Gasteiger partial charge in [-0.1, -0.05) is 0 Å². The van der Waals surface area contributed by atoms with Crippen LogP contribution in [0, 0.1) is 0 Å². The van der Waals surface area contributed by atoms with Crippen LogP contribution in [0.25, 0.3) is 0 Å². The molecular formula is C14H19N7O. The SMILES string of the molecule is O=C(Cn1cncn1)N1CCC(c2nnc3n2CCC3)CC1. The first-order valence-corrected chi connectivity index (χ1v) is 7.83. The van der Waals surface area contributed by atoms with Gasteiger partial charge in [-0.15, -0.1) is 10.2 Å². The van der Waals surface area contributed by atoms with Crippen LogP contribution in [0.15, 0.2) is 12.7 Å². The predicted octanol–water partition coefficient (Wildman–Crippen LogP) is 0.222. The minimum absolute atomic E-state index is 0.107. The van der Waals surface area contributed by atoms with E-state index in [9.17, 15) is 4.79 Å². The van der Waals surface area contributed by atoms with Crippen LogP contribution in [-0.2, 0) is 24.3 Å². The fourth-order valence-corrected chi connectivity index (χ4v) is 3.42. The third-order valence-electron chi connectivity index (χ3n) is 4.61. The first-order valence-electron chi connectivity index (χ1n) is 7.83. The molecule has 0 saturated carbocycles. The molecule has 116 valence electrons. The van der Waals surface area contributed by atoms with Crippen molar-refractivity contribution in [2.75, 3.05) is 13.1 Å². The molecule has 0 radical (unpaired) electrons. The summed E-state index contributed by atoms with van der Waals surface area (Å²) in [6, 6.07) is 0. The topological polar surface area (TPSA) is 81.7 Å². The fourth-order valence-electron chi connectivity index (χ4n) is 3.42. The number of carbonyl (C=O) groups excluding carboxylic acids is 1. The molecule has 2 aromatic heterocycles. The van der Waals surface area contributed by atoms with Crippen LogP contribution >= 0.6 is 0 Å². The number of hydrogen-bond donors (Lipinski definition) is 0. The molecule has 0 unspecified atom stereocenters. The Bertz CT molecular complexity index is 655. The summed E-state index contributed by atoms with van der Waals surface area (Å²) in [5.41, 5.74) is 0. The molecule has 2 aromatic rings. The van der Waals surface area contributed by atoms with Crippen LogP contribution < -0.4 is 0 Å². The first-order chi connectivity index (χ1) is 10.8. The Morgan fingerprint density at radius 3 is 2.86 bits per heavy atom. The Kier molecular flexibility index (Phi) is 3.36. The van der Waals surface area contributed by atoms with Gasteiger partial charge >= 0.3 is 0 Å². The molecule has 8 nitrogen and oxygen atoms in total. The summed E-state index contributed by atoms with van der Waals surface area (Å²) in [4.78, 5) is 18.0. The highest BCUT2D eigenvalue weighted by atomic mass is 16.2. The summed E-state index contributed by atoms with van der Waals surface area (Å²) in [7, 11) is 0. The highest BCUT2D eigenvalue weighted by molar-refractivity contribution is 5.75. The second-order valence-electron chi connectivity index (χ2n) is 5.98. The largest absolute Gasteiger partial charge is 0.341 e. The van der Waals surface area contributed by atoms with Gasteiger partial charge in [0.2, 0.25) is 5.91 Å². The number of aryl methyl sites for hydroxylation is 1. The summed E-state index contributed by atoms with van der Waals surface area (Å²) in [6.07, 6.45) is 7.16. The molecule has 1 saturated heterocycles. The molecule has 1 fully saturated rings. The minimum Gasteiger partial charge on any atom is -0.341 e. The van der Waals surface area contributed by atoms with Crippen molar-refractivity contribution in [3.05, 3.63) is 24.3 Å². The zero-order valence-corrected chi connectivity index (χ0v) is 12.4. The molecule has 0 aromatic carbocycles. The molecule has 0 atom stereocenters. The van der Waals surface area contributed by atoms with Crippen molar-refractivity contribution in [3.8, 4) is 0 Å². The zero-order valence-electron chi connectivity index (χ0n) is 12.4. The average Bonchev–Trinajstić information content (AvgIpc) is 3.25. The van der Waals surface area contributed by atoms with E-state index in [4.69, 9.17) is 0 Å². The number of fused-ring (bicyclic) bond motifs is 1. The third-order valence-corrected chi connectivity index (χ3v) is 4.61. The molecule has 2 aliphatic rings. The van der Waals surface area contributed by atoms with Crippen molar-refractivity contribution in [1.29, 1.82) is 0 Å². The Hall–Kier alpha value is -2.25. The maximum absolute atomic E-state index is 12.3. The lowest BCUT2D eigenvalue weighted by atomic mass is 9.96. The van der Waals surface area contributed by atoms with Gasteiger partial charge in [0.25, 0.3) is 0 Å². The van der Waals surface area contributed by atoms with Gasteiger partial charge in [0.15, 0.2) is 0 Å². The molecule has 8 heteroatoms. The van der Waals surface area contributed by atoms with E-state index in [0.29, 0.717) is 5.92 Å². The summed E-state index contributed by atoms with van der Waals surface area (Å²) in [5, 5.41) is 12.7. The molecule has 0 bridgehead atoms. The van der Waals surface area contributed by atoms with Crippen molar-refractivity contribution in [1.82, 2.24) is 34.4 Å². The van der Waals surface area contributed by atoms with Gasteiger partial charge in [-0.25, -0.2) is 9.67 Å². The second kappa shape index (κ2) is 5.51. The second-order valence-corrected chi connectivity index (χ2v) is 5.98. The van der Waals surface area contributed by atoms with Crippen molar-refractivity contribution in [2.24, 2.45) is 0 Å². The van der Waals surface area contributed by atoms with Crippen LogP contribution in [0.4, 0.5) is 0 Å². The van der Waals surface area contributed by atoms with Crippen molar-refractivity contribution in [2.45, 2.75) is 44.7 Å². The molecule has 4 heterocycles. The maximum atomic E-state index is 12.3. The van der Waals surface area contributed by atoms with Crippen LogP contribution in [0.2, 0.25) is 0 Å². The van der Waals surface area contributed by atoms with E-state index < -0.39 is 0 Å². The lowest BCUT2D eigenvalue weighted by molar-refractivity contribution is -0.133. The lowest BCUT2D eigenvalue weighted by Crippen LogP contribution is -2.40. The standard InChI is InChI=1S/C14H19N7O/c22-13(8-20-10-15-9-16-20)19-6-3-11(4-7-19)14-18-17-12-2-1-5-21(12)14/h9-11H,1-8H2. The van der Waals surface area contributed by atoms with Gasteiger partial charge in [-0.2, -0.15) is 5.10 Å². The van der Waals surface area contributed by atoms with Crippen LogP contribution in [0.3, 0.4) is 0 Å². The number of amides is 1. The van der Waals surface area contributed by atoms with Gasteiger partial charge in [-0.3, -0.25) is 4.79 Å². The van der Waals surface area contributed by atoms with E-state index in [1.54, 1.807) is 11.0 Å². The normalized spacial score (nSPS) is 18.6. The zero-order chi connectivity index (χ0) is 14.9. The van der Waals surface area contributed by atoms with Crippen LogP contribution in [-0.4, -0.2) is 53.4 Å². The van der Waals surface area contributed by atoms with Gasteiger partial charge in [0.05, 0.1) is 0 Å². The molecular weight excluding hydrogens is 282 g/mol. The van der Waals surface area contributed by atoms with E-state index in [0.717, 1.165) is 50.5 Å². The minimum atomic E-state index is 0.107. The monoisotopic (exact) mass is 301 g/mol. The summed E-state index contributed by atoms with van der Waals surface area (Å²) in [5.74, 6) is 2.78. The van der Waals surface area contributed by atoms with Crippen LogP contribution in [0.5, 0.6) is 0 Å². The van der Waals surface area contributed by atoms with Crippen molar-refractivity contribution < 1.29 is 4.79 Å². The highest BCUT2D eigenvalue weighted by Gasteiger charge is 2.29. The van der Waals surface area contributed by atoms with Gasteiger partial charge in [0.1, 0.15) is 30.8 Å². The molecule has 4 rings (SSSR count). The summed E-state index contributed by atoms with van der Waals surface area (Å²) >= 11 is 0. The number of hydrogen-bond acceptors (Lipinski definition) is 5. The van der Waals surface area contributed by atoms with E-state index >= 15 is 0 Å². The number of piperidine rings is 1. The lowest BCUT2D eigenvalue weighted by Gasteiger charge is -2.31. The summed E-state index contributed by atoms with van der Waals surface area (Å²) < 4.78 is 3.84. The molecule has 0 aliphatic carbocycles. The molecule has 1 amide bonds. The van der Waals surface area contributed by atoms with Gasteiger partial charge in [-0.05, 0) is 19.3 Å². The van der Waals surface area contributed by atoms with Gasteiger partial charge in [0, 0.05) is 32.0 Å². The van der Waals surface area contributed by atoms with Crippen molar-refractivity contribution in [3.63, 3.8) is 0 Å². The summed E-state index contributed by atoms with van der Waals surface area (Å²) in [6.45, 7) is 2.87. The Labute approximate surface area is 128 Å². The Morgan fingerprint density at radius 1 is 1.23 bits per heavy atom. The smallest absolute Gasteiger partial charge is 0.244 e. The van der Waals surface area contributed by atoms with E-state index in [-0.39, 0.29) is 12.5 Å². The van der Waals surface area contributed by atoms with E-state index in [1.165, 1.54) is 12.7 Å². The number of carbonyl (C=O) groups is 1. The maximum Gasteiger partial charge on any atom is 0.244 e. The Balaban J connectivity index is 1.37. The van der Waals surface area contributed by atoms with Gasteiger partial charge < -0.3 is 9.47 Å². The van der Waals surface area contributed by atoms with E-state index in [1.807, 2.05) is 4.90 Å². The number of rotatable bonds is 3. The number of nitrogens with zero attached hydrogens (tertiary/aromatic N) is 7. The molecule has 2 aliphatic heterocycles. The average molecular weight is 301 g/mol. The molecule has 0 N–H and O–H groups in total. The molecule has 0 spiro atoms. The predicted molar refractivity (Wildman–Crippen MR) is 76.9 cm³/mol. The number of aromatic nitrogens is 6. The van der Waals surface area contributed by atoms with Crippen molar-refractivity contribution >= 4 is 5.91 Å². The quantitative estimate of drug-likeness (QED) is 0.810. The van der Waals surface area contributed by atoms with E-state index in [2.05, 4.69) is 24.8 Å². The number of likely N-dealkylation sites (tertiary alicyclic amines) is 1. The van der Waals surface area contributed by atoms with Crippen LogP contribution in [0.1, 0.15) is 36.8 Å². The highest BCUT2D eigenvalue weighted by Crippen LogP contribution is 2.29. The first kappa shape index (κ1) is 13.4. The molecule has 22 heavy (non-hydrogen) atoms.